The van der Waals surface area contributed by atoms with Gasteiger partial charge in [0.15, 0.2) is 0 Å². The van der Waals surface area contributed by atoms with Crippen molar-refractivity contribution in [3.63, 3.8) is 0 Å². The van der Waals surface area contributed by atoms with E-state index in [9.17, 15) is 5.11 Å². The van der Waals surface area contributed by atoms with Crippen LogP contribution in [0, 0.1) is 5.92 Å². The molecule has 0 radical (unpaired) electrons. The van der Waals surface area contributed by atoms with Gasteiger partial charge < -0.3 is 15.2 Å². The third-order valence-corrected chi connectivity index (χ3v) is 5.73. The van der Waals surface area contributed by atoms with Crippen LogP contribution in [0.15, 0.2) is 84.9 Å². The molecule has 3 rings (SSSR count). The minimum atomic E-state index is -0.0355. The lowest BCUT2D eigenvalue weighted by Gasteiger charge is -2.26. The molecular weight excluding hydrogens is 370 g/mol. The van der Waals surface area contributed by atoms with E-state index in [1.165, 1.54) is 11.1 Å². The Morgan fingerprint density at radius 3 is 2.20 bits per heavy atom. The summed E-state index contributed by atoms with van der Waals surface area (Å²) in [4.78, 5) is 0. The molecular formula is C27H33NO2. The van der Waals surface area contributed by atoms with Crippen molar-refractivity contribution in [1.82, 2.24) is 5.32 Å². The predicted octanol–water partition coefficient (Wildman–Crippen LogP) is 5.72. The van der Waals surface area contributed by atoms with E-state index < -0.39 is 0 Å². The van der Waals surface area contributed by atoms with Gasteiger partial charge >= 0.3 is 0 Å². The fourth-order valence-corrected chi connectivity index (χ4v) is 3.99. The summed E-state index contributed by atoms with van der Waals surface area (Å²) in [6, 6.07) is 28.8. The van der Waals surface area contributed by atoms with E-state index in [1.807, 2.05) is 42.5 Å². The number of aliphatic hydroxyl groups excluding tert-OH is 1. The molecule has 0 bridgehead atoms. The molecule has 3 atom stereocenters. The molecule has 0 amide bonds. The van der Waals surface area contributed by atoms with Crippen LogP contribution < -0.4 is 10.1 Å². The van der Waals surface area contributed by atoms with Crippen molar-refractivity contribution < 1.29 is 9.84 Å². The van der Waals surface area contributed by atoms with Crippen LogP contribution in [0.5, 0.6) is 5.75 Å². The second kappa shape index (κ2) is 11.5. The third kappa shape index (κ3) is 6.19. The van der Waals surface area contributed by atoms with Gasteiger partial charge in [-0.15, -0.1) is 0 Å². The van der Waals surface area contributed by atoms with E-state index in [0.29, 0.717) is 18.4 Å². The molecule has 0 heterocycles. The molecule has 2 N–H and O–H groups in total. The monoisotopic (exact) mass is 403 g/mol. The zero-order valence-electron chi connectivity index (χ0n) is 18.0. The van der Waals surface area contributed by atoms with Crippen LogP contribution in [0.4, 0.5) is 0 Å². The van der Waals surface area contributed by atoms with Gasteiger partial charge in [0.1, 0.15) is 12.4 Å². The van der Waals surface area contributed by atoms with Gasteiger partial charge in [-0.3, -0.25) is 0 Å². The van der Waals surface area contributed by atoms with Crippen LogP contribution >= 0.6 is 0 Å². The van der Waals surface area contributed by atoms with Gasteiger partial charge in [0.25, 0.3) is 0 Å². The van der Waals surface area contributed by atoms with Crippen molar-refractivity contribution in [2.24, 2.45) is 5.92 Å². The van der Waals surface area contributed by atoms with Crippen molar-refractivity contribution in [3.8, 4) is 5.75 Å². The molecule has 0 saturated heterocycles. The first-order valence-electron chi connectivity index (χ1n) is 10.9. The molecule has 158 valence electrons. The fraction of sp³-hybridized carbons (Fsp3) is 0.333. The maximum atomic E-state index is 9.82. The summed E-state index contributed by atoms with van der Waals surface area (Å²) in [7, 11) is 0. The lowest BCUT2D eigenvalue weighted by Crippen LogP contribution is -2.31. The summed E-state index contributed by atoms with van der Waals surface area (Å²) < 4.78 is 6.03. The van der Waals surface area contributed by atoms with Gasteiger partial charge in [-0.1, -0.05) is 86.6 Å². The topological polar surface area (TPSA) is 41.5 Å². The molecule has 0 aliphatic carbocycles. The summed E-state index contributed by atoms with van der Waals surface area (Å²) in [6.45, 7) is 6.02. The number of nitrogens with one attached hydrogen (secondary N) is 1. The van der Waals surface area contributed by atoms with Crippen LogP contribution in [-0.2, 0) is 6.61 Å². The Balaban J connectivity index is 1.61. The number of ether oxygens (including phenoxy) is 1. The van der Waals surface area contributed by atoms with Crippen LogP contribution in [-0.4, -0.2) is 18.3 Å². The Morgan fingerprint density at radius 2 is 1.53 bits per heavy atom. The number of rotatable bonds is 11. The molecule has 3 nitrogen and oxygen atoms in total. The maximum absolute atomic E-state index is 9.82. The second-order valence-corrected chi connectivity index (χ2v) is 7.89. The number of hydrogen-bond acceptors (Lipinski definition) is 3. The number of benzene rings is 3. The highest BCUT2D eigenvalue weighted by molar-refractivity contribution is 5.31. The van der Waals surface area contributed by atoms with Crippen molar-refractivity contribution in [1.29, 1.82) is 0 Å². The summed E-state index contributed by atoms with van der Waals surface area (Å²) >= 11 is 0. The average molecular weight is 404 g/mol. The Kier molecular flexibility index (Phi) is 8.49. The van der Waals surface area contributed by atoms with E-state index in [0.717, 1.165) is 24.3 Å². The molecule has 0 aliphatic heterocycles. The molecule has 3 aromatic rings. The molecule has 0 spiro atoms. The molecule has 0 fully saturated rings. The molecule has 30 heavy (non-hydrogen) atoms. The largest absolute Gasteiger partial charge is 0.489 e. The SMILES string of the molecule is CCC(c1cccc(OCc2ccccc2)c1)C(C)CNC(CO)c1ccccc1. The molecule has 3 heteroatoms. The minimum absolute atomic E-state index is 0.0355. The van der Waals surface area contributed by atoms with Gasteiger partial charge in [0.2, 0.25) is 0 Å². The summed E-state index contributed by atoms with van der Waals surface area (Å²) in [6.07, 6.45) is 1.06. The predicted molar refractivity (Wildman–Crippen MR) is 124 cm³/mol. The molecule has 3 aromatic carbocycles. The maximum Gasteiger partial charge on any atom is 0.120 e. The average Bonchev–Trinajstić information content (AvgIpc) is 2.80. The van der Waals surface area contributed by atoms with Crippen LogP contribution in [0.3, 0.4) is 0 Å². The highest BCUT2D eigenvalue weighted by Gasteiger charge is 2.20. The van der Waals surface area contributed by atoms with Crippen molar-refractivity contribution in [2.45, 2.75) is 38.8 Å². The quantitative estimate of drug-likeness (QED) is 0.430. The van der Waals surface area contributed by atoms with Gasteiger partial charge in [0.05, 0.1) is 12.6 Å². The van der Waals surface area contributed by atoms with Gasteiger partial charge in [-0.05, 0) is 53.6 Å². The van der Waals surface area contributed by atoms with E-state index in [4.69, 9.17) is 4.74 Å². The van der Waals surface area contributed by atoms with Crippen LogP contribution in [0.25, 0.3) is 0 Å². The zero-order valence-corrected chi connectivity index (χ0v) is 18.0. The van der Waals surface area contributed by atoms with E-state index >= 15 is 0 Å². The third-order valence-electron chi connectivity index (χ3n) is 5.73. The standard InChI is InChI=1S/C27H33NO2/c1-3-26(21(2)18-28-27(19-29)23-13-8-5-9-14-23)24-15-10-16-25(17-24)30-20-22-11-6-4-7-12-22/h4-17,21,26-29H,3,18-20H2,1-2H3. The van der Waals surface area contributed by atoms with E-state index in [1.54, 1.807) is 0 Å². The van der Waals surface area contributed by atoms with E-state index in [2.05, 4.69) is 61.6 Å². The molecule has 0 aromatic heterocycles. The summed E-state index contributed by atoms with van der Waals surface area (Å²) in [5.74, 6) is 1.76. The molecule has 0 saturated carbocycles. The minimum Gasteiger partial charge on any atom is -0.489 e. The fourth-order valence-electron chi connectivity index (χ4n) is 3.99. The first-order chi connectivity index (χ1) is 14.7. The Morgan fingerprint density at radius 1 is 0.867 bits per heavy atom. The molecule has 3 unspecified atom stereocenters. The Hall–Kier alpha value is -2.62. The number of aliphatic hydroxyl groups is 1. The van der Waals surface area contributed by atoms with Gasteiger partial charge in [0, 0.05) is 0 Å². The summed E-state index contributed by atoms with van der Waals surface area (Å²) in [5, 5.41) is 13.4. The second-order valence-electron chi connectivity index (χ2n) is 7.89. The van der Waals surface area contributed by atoms with Crippen molar-refractivity contribution >= 4 is 0 Å². The first kappa shape index (κ1) is 22.1. The smallest absolute Gasteiger partial charge is 0.120 e. The summed E-state index contributed by atoms with van der Waals surface area (Å²) in [5.41, 5.74) is 3.60. The van der Waals surface area contributed by atoms with Gasteiger partial charge in [-0.2, -0.15) is 0 Å². The Labute approximate surface area is 180 Å². The normalized spacial score (nSPS) is 14.1. The van der Waals surface area contributed by atoms with Crippen molar-refractivity contribution in [2.75, 3.05) is 13.2 Å². The van der Waals surface area contributed by atoms with Gasteiger partial charge in [-0.25, -0.2) is 0 Å². The highest BCUT2D eigenvalue weighted by Crippen LogP contribution is 2.30. The van der Waals surface area contributed by atoms with Crippen molar-refractivity contribution in [3.05, 3.63) is 102 Å². The van der Waals surface area contributed by atoms with E-state index in [-0.39, 0.29) is 12.6 Å². The first-order valence-corrected chi connectivity index (χ1v) is 10.9. The lowest BCUT2D eigenvalue weighted by molar-refractivity contribution is 0.236. The van der Waals surface area contributed by atoms with Crippen LogP contribution in [0.2, 0.25) is 0 Å². The Bertz CT molecular complexity index is 866. The van der Waals surface area contributed by atoms with Crippen LogP contribution in [0.1, 0.15) is 48.9 Å². The zero-order chi connectivity index (χ0) is 21.2. The lowest BCUT2D eigenvalue weighted by atomic mass is 9.85. The molecule has 0 aliphatic rings. The highest BCUT2D eigenvalue weighted by atomic mass is 16.5. The number of hydrogen-bond donors (Lipinski definition) is 2.